The summed E-state index contributed by atoms with van der Waals surface area (Å²) in [7, 11) is 0. The molecule has 1 heterocycles. The minimum absolute atomic E-state index is 0.210. The molecule has 1 atom stereocenters. The number of amides is 1. The van der Waals surface area contributed by atoms with Gasteiger partial charge in [0.25, 0.3) is 5.56 Å². The van der Waals surface area contributed by atoms with Crippen LogP contribution in [-0.4, -0.2) is 15.0 Å². The summed E-state index contributed by atoms with van der Waals surface area (Å²) in [4.78, 5) is 38.4. The Morgan fingerprint density at radius 3 is 2.03 bits per heavy atom. The number of carbonyl (C=O) groups is 1. The normalized spacial score (nSPS) is 11.7. The molecule has 0 saturated heterocycles. The van der Waals surface area contributed by atoms with Crippen LogP contribution in [0.5, 0.6) is 0 Å². The van der Waals surface area contributed by atoms with Gasteiger partial charge in [0.1, 0.15) is 6.54 Å². The SMILES string of the molecule is O=C(Cn1c(=O)ccn(Cc2ccccc2)c1=O)NC(CCCc1ccccc1)c1ccccc1. The first-order valence-corrected chi connectivity index (χ1v) is 11.8. The largest absolute Gasteiger partial charge is 0.348 e. The summed E-state index contributed by atoms with van der Waals surface area (Å²) < 4.78 is 2.43. The van der Waals surface area contributed by atoms with E-state index in [1.165, 1.54) is 22.4 Å². The van der Waals surface area contributed by atoms with Gasteiger partial charge in [-0.1, -0.05) is 91.0 Å². The van der Waals surface area contributed by atoms with E-state index >= 15 is 0 Å². The highest BCUT2D eigenvalue weighted by Crippen LogP contribution is 2.20. The van der Waals surface area contributed by atoms with Gasteiger partial charge in [-0.25, -0.2) is 4.79 Å². The molecule has 0 aliphatic rings. The van der Waals surface area contributed by atoms with E-state index in [1.807, 2.05) is 78.9 Å². The van der Waals surface area contributed by atoms with Gasteiger partial charge in [0.2, 0.25) is 5.91 Å². The molecule has 1 aromatic heterocycles. The third-order valence-electron chi connectivity index (χ3n) is 5.98. The average molecular weight is 468 g/mol. The second-order valence-electron chi connectivity index (χ2n) is 8.54. The average Bonchev–Trinajstić information content (AvgIpc) is 2.89. The van der Waals surface area contributed by atoms with Gasteiger partial charge in [0.05, 0.1) is 12.6 Å². The van der Waals surface area contributed by atoms with Crippen molar-refractivity contribution in [3.8, 4) is 0 Å². The van der Waals surface area contributed by atoms with E-state index in [0.717, 1.165) is 35.0 Å². The molecule has 0 aliphatic heterocycles. The minimum Gasteiger partial charge on any atom is -0.348 e. The molecule has 35 heavy (non-hydrogen) atoms. The highest BCUT2D eigenvalue weighted by atomic mass is 16.2. The molecule has 0 fully saturated rings. The van der Waals surface area contributed by atoms with Crippen LogP contribution in [0.3, 0.4) is 0 Å². The Balaban J connectivity index is 1.46. The van der Waals surface area contributed by atoms with Gasteiger partial charge in [-0.15, -0.1) is 0 Å². The van der Waals surface area contributed by atoms with Crippen LogP contribution in [0.2, 0.25) is 0 Å². The van der Waals surface area contributed by atoms with E-state index in [-0.39, 0.29) is 18.5 Å². The first kappa shape index (κ1) is 24.0. The maximum Gasteiger partial charge on any atom is 0.331 e. The summed E-state index contributed by atoms with van der Waals surface area (Å²) in [6.45, 7) is 0.00299. The van der Waals surface area contributed by atoms with Crippen molar-refractivity contribution in [2.45, 2.75) is 38.4 Å². The Kier molecular flexibility index (Phi) is 8.07. The Bertz CT molecular complexity index is 1350. The monoisotopic (exact) mass is 467 g/mol. The fourth-order valence-corrected chi connectivity index (χ4v) is 4.15. The summed E-state index contributed by atoms with van der Waals surface area (Å²) in [5.41, 5.74) is 2.19. The molecule has 1 N–H and O–H groups in total. The Morgan fingerprint density at radius 1 is 0.771 bits per heavy atom. The Hall–Kier alpha value is -4.19. The van der Waals surface area contributed by atoms with Crippen LogP contribution < -0.4 is 16.6 Å². The van der Waals surface area contributed by atoms with Crippen LogP contribution in [0.4, 0.5) is 0 Å². The van der Waals surface area contributed by atoms with E-state index in [2.05, 4.69) is 17.4 Å². The van der Waals surface area contributed by atoms with Crippen molar-refractivity contribution in [3.05, 3.63) is 141 Å². The zero-order valence-electron chi connectivity index (χ0n) is 19.5. The van der Waals surface area contributed by atoms with Crippen LogP contribution in [0.15, 0.2) is 113 Å². The number of rotatable bonds is 10. The van der Waals surface area contributed by atoms with Crippen LogP contribution >= 0.6 is 0 Å². The van der Waals surface area contributed by atoms with Crippen LogP contribution in [-0.2, 0) is 24.3 Å². The topological polar surface area (TPSA) is 73.1 Å². The standard InChI is InChI=1S/C29H29N3O3/c33-27(22-32-28(34)19-20-31(29(32)35)21-24-13-6-2-7-14-24)30-26(25-16-8-3-9-17-25)18-10-15-23-11-4-1-5-12-23/h1-9,11-14,16-17,19-20,26H,10,15,18,21-22H2,(H,30,33). The molecule has 1 unspecified atom stereocenters. The number of benzene rings is 3. The van der Waals surface area contributed by atoms with E-state index in [0.29, 0.717) is 6.54 Å². The lowest BCUT2D eigenvalue weighted by atomic mass is 9.99. The van der Waals surface area contributed by atoms with Crippen molar-refractivity contribution in [2.75, 3.05) is 0 Å². The molecule has 0 radical (unpaired) electrons. The van der Waals surface area contributed by atoms with Crippen LogP contribution in [0.25, 0.3) is 0 Å². The van der Waals surface area contributed by atoms with Crippen molar-refractivity contribution in [1.82, 2.24) is 14.5 Å². The van der Waals surface area contributed by atoms with E-state index in [9.17, 15) is 14.4 Å². The second-order valence-corrected chi connectivity index (χ2v) is 8.54. The minimum atomic E-state index is -0.503. The Labute approximate surface area is 204 Å². The van der Waals surface area contributed by atoms with E-state index in [1.54, 1.807) is 0 Å². The maximum atomic E-state index is 13.0. The van der Waals surface area contributed by atoms with Crippen molar-refractivity contribution in [2.24, 2.45) is 0 Å². The van der Waals surface area contributed by atoms with Crippen molar-refractivity contribution in [3.63, 3.8) is 0 Å². The first-order valence-electron chi connectivity index (χ1n) is 11.8. The van der Waals surface area contributed by atoms with Crippen molar-refractivity contribution < 1.29 is 4.79 Å². The molecule has 6 heteroatoms. The third kappa shape index (κ3) is 6.67. The quantitative estimate of drug-likeness (QED) is 0.384. The zero-order valence-corrected chi connectivity index (χ0v) is 19.5. The molecular weight excluding hydrogens is 438 g/mol. The van der Waals surface area contributed by atoms with Gasteiger partial charge in [-0.3, -0.25) is 18.7 Å². The molecule has 1 amide bonds. The van der Waals surface area contributed by atoms with Crippen molar-refractivity contribution >= 4 is 5.91 Å². The zero-order chi connectivity index (χ0) is 24.5. The first-order chi connectivity index (χ1) is 17.1. The lowest BCUT2D eigenvalue weighted by molar-refractivity contribution is -0.122. The highest BCUT2D eigenvalue weighted by molar-refractivity contribution is 5.76. The van der Waals surface area contributed by atoms with Gasteiger partial charge >= 0.3 is 5.69 Å². The third-order valence-corrected chi connectivity index (χ3v) is 5.98. The number of hydrogen-bond acceptors (Lipinski definition) is 3. The molecular formula is C29H29N3O3. The van der Waals surface area contributed by atoms with Gasteiger partial charge < -0.3 is 5.32 Å². The molecule has 0 spiro atoms. The molecule has 0 bridgehead atoms. The Morgan fingerprint density at radius 2 is 1.37 bits per heavy atom. The van der Waals surface area contributed by atoms with E-state index in [4.69, 9.17) is 0 Å². The summed E-state index contributed by atoms with van der Waals surface area (Å²) in [5.74, 6) is -0.366. The van der Waals surface area contributed by atoms with Gasteiger partial charge in [0, 0.05) is 12.3 Å². The molecule has 4 aromatic rings. The lowest BCUT2D eigenvalue weighted by Crippen LogP contribution is -2.43. The summed E-state index contributed by atoms with van der Waals surface area (Å²) in [5, 5.41) is 3.04. The molecule has 0 aliphatic carbocycles. The summed E-state index contributed by atoms with van der Waals surface area (Å²) in [6, 6.07) is 30.6. The molecule has 0 saturated carbocycles. The fourth-order valence-electron chi connectivity index (χ4n) is 4.15. The van der Waals surface area contributed by atoms with Gasteiger partial charge in [-0.05, 0) is 36.0 Å². The number of nitrogens with one attached hydrogen (secondary N) is 1. The van der Waals surface area contributed by atoms with Crippen LogP contribution in [0, 0.1) is 0 Å². The smallest absolute Gasteiger partial charge is 0.331 e. The number of hydrogen-bond donors (Lipinski definition) is 1. The van der Waals surface area contributed by atoms with E-state index < -0.39 is 11.2 Å². The molecule has 3 aromatic carbocycles. The predicted octanol–water partition coefficient (Wildman–Crippen LogP) is 3.94. The van der Waals surface area contributed by atoms with Gasteiger partial charge in [-0.2, -0.15) is 0 Å². The number of nitrogens with zero attached hydrogens (tertiary/aromatic N) is 2. The maximum absolute atomic E-state index is 13.0. The number of aryl methyl sites for hydroxylation is 1. The van der Waals surface area contributed by atoms with Crippen molar-refractivity contribution in [1.29, 1.82) is 0 Å². The lowest BCUT2D eigenvalue weighted by Gasteiger charge is -2.20. The molecule has 178 valence electrons. The van der Waals surface area contributed by atoms with Gasteiger partial charge in [0.15, 0.2) is 0 Å². The van der Waals surface area contributed by atoms with Crippen LogP contribution in [0.1, 0.15) is 35.6 Å². The fraction of sp³-hybridized carbons (Fsp3) is 0.207. The second kappa shape index (κ2) is 11.8. The highest BCUT2D eigenvalue weighted by Gasteiger charge is 2.17. The predicted molar refractivity (Wildman–Crippen MR) is 137 cm³/mol. The summed E-state index contributed by atoms with van der Waals surface area (Å²) >= 11 is 0. The molecule has 6 nitrogen and oxygen atoms in total. The number of aromatic nitrogens is 2. The summed E-state index contributed by atoms with van der Waals surface area (Å²) in [6.07, 6.45) is 4.01. The molecule has 4 rings (SSSR count). The number of carbonyl (C=O) groups excluding carboxylic acids is 1.